The Morgan fingerprint density at radius 2 is 2.00 bits per heavy atom. The van der Waals surface area contributed by atoms with Gasteiger partial charge in [0.25, 0.3) is 0 Å². The molecule has 3 aliphatic heterocycles. The van der Waals surface area contributed by atoms with Crippen molar-refractivity contribution >= 4 is 27.5 Å². The second-order valence-electron chi connectivity index (χ2n) is 13.0. The standard InChI is InChI=1S/C34H29F3N6O3/c1-3-22-24(36)6-5-19-9-21(44)10-23(25(19)22)28-27(37)29-26-30(42(2)34(11-18(12-34)14-38)17-45-31(26)39-28)41-32(40-29)46-16-33-7-4-8-43(33)15-20(35)13-33/h1,5-6,9-10,18,20,44H,4,7-8,11-13,15-17H2,2H3/t18?,20-,33+,34?/m1/s1. The van der Waals surface area contributed by atoms with Gasteiger partial charge in [-0.1, -0.05) is 12.0 Å². The highest BCUT2D eigenvalue weighted by molar-refractivity contribution is 6.04. The maximum Gasteiger partial charge on any atom is 0.319 e. The van der Waals surface area contributed by atoms with E-state index in [1.54, 1.807) is 0 Å². The van der Waals surface area contributed by atoms with Crippen LogP contribution in [-0.2, 0) is 0 Å². The van der Waals surface area contributed by atoms with Gasteiger partial charge in [-0.15, -0.1) is 6.42 Å². The van der Waals surface area contributed by atoms with Crippen LogP contribution >= 0.6 is 0 Å². The number of aromatic nitrogens is 3. The van der Waals surface area contributed by atoms with Crippen LogP contribution < -0.4 is 14.4 Å². The minimum Gasteiger partial charge on any atom is -0.508 e. The number of fused-ring (bicyclic) bond motifs is 2. The Bertz CT molecular complexity index is 2040. The van der Waals surface area contributed by atoms with Crippen LogP contribution in [0.15, 0.2) is 24.3 Å². The third-order valence-electron chi connectivity index (χ3n) is 10.3. The number of phenols is 1. The molecular formula is C34H29F3N6O3. The Morgan fingerprint density at radius 3 is 2.78 bits per heavy atom. The lowest BCUT2D eigenvalue weighted by Gasteiger charge is -2.50. The number of nitrogens with zero attached hydrogens (tertiary/aromatic N) is 6. The Morgan fingerprint density at radius 1 is 1.17 bits per heavy atom. The molecule has 2 saturated heterocycles. The van der Waals surface area contributed by atoms with E-state index in [1.165, 1.54) is 24.3 Å². The molecule has 3 fully saturated rings. The fourth-order valence-corrected chi connectivity index (χ4v) is 7.96. The van der Waals surface area contributed by atoms with Gasteiger partial charge in [-0.05, 0) is 55.8 Å². The molecule has 4 aromatic rings. The molecule has 1 aliphatic carbocycles. The second kappa shape index (κ2) is 10.1. The van der Waals surface area contributed by atoms with Crippen molar-refractivity contribution < 1.29 is 27.8 Å². The maximum absolute atomic E-state index is 16.9. The summed E-state index contributed by atoms with van der Waals surface area (Å²) in [4.78, 5) is 17.8. The zero-order valence-electron chi connectivity index (χ0n) is 25.0. The van der Waals surface area contributed by atoms with Crippen LogP contribution in [-0.4, -0.2) is 75.6 Å². The van der Waals surface area contributed by atoms with Crippen molar-refractivity contribution in [1.82, 2.24) is 19.9 Å². The third-order valence-corrected chi connectivity index (χ3v) is 10.3. The highest BCUT2D eigenvalue weighted by atomic mass is 19.1. The number of rotatable bonds is 4. The summed E-state index contributed by atoms with van der Waals surface area (Å²) in [5.74, 6) is 0.798. The number of terminal acetylenes is 1. The highest BCUT2D eigenvalue weighted by Crippen LogP contribution is 2.50. The van der Waals surface area contributed by atoms with Crippen LogP contribution in [0.25, 0.3) is 32.9 Å². The molecule has 8 rings (SSSR count). The number of ether oxygens (including phenoxy) is 2. The van der Waals surface area contributed by atoms with Crippen molar-refractivity contribution in [3.63, 3.8) is 0 Å². The lowest BCUT2D eigenvalue weighted by Crippen LogP contribution is -2.59. The number of nitriles is 1. The monoisotopic (exact) mass is 626 g/mol. The molecule has 2 aromatic carbocycles. The van der Waals surface area contributed by atoms with E-state index in [0.717, 1.165) is 19.4 Å². The van der Waals surface area contributed by atoms with Crippen molar-refractivity contribution in [2.24, 2.45) is 5.92 Å². The van der Waals surface area contributed by atoms with E-state index in [9.17, 15) is 19.1 Å². The summed E-state index contributed by atoms with van der Waals surface area (Å²) in [5.41, 5.74) is -1.54. The number of pyridine rings is 1. The largest absolute Gasteiger partial charge is 0.508 e. The number of anilines is 1. The number of alkyl halides is 1. The van der Waals surface area contributed by atoms with Crippen LogP contribution in [0.4, 0.5) is 19.0 Å². The maximum atomic E-state index is 16.9. The van der Waals surface area contributed by atoms with E-state index in [-0.39, 0.29) is 69.9 Å². The predicted molar refractivity (Wildman–Crippen MR) is 163 cm³/mol. The van der Waals surface area contributed by atoms with Gasteiger partial charge in [0, 0.05) is 31.0 Å². The van der Waals surface area contributed by atoms with E-state index in [1.807, 2.05) is 11.9 Å². The van der Waals surface area contributed by atoms with Crippen LogP contribution in [0.3, 0.4) is 0 Å². The highest BCUT2D eigenvalue weighted by Gasteiger charge is 2.52. The van der Waals surface area contributed by atoms with Crippen molar-refractivity contribution in [3.8, 4) is 47.3 Å². The van der Waals surface area contributed by atoms with Gasteiger partial charge in [0.1, 0.15) is 53.4 Å². The minimum absolute atomic E-state index is 0.0452. The summed E-state index contributed by atoms with van der Waals surface area (Å²) in [5, 5.41) is 21.0. The lowest BCUT2D eigenvalue weighted by molar-refractivity contribution is 0.104. The number of hydrogen-bond donors (Lipinski definition) is 1. The molecule has 9 nitrogen and oxygen atoms in total. The first-order valence-electron chi connectivity index (χ1n) is 15.3. The minimum atomic E-state index is -0.954. The molecule has 46 heavy (non-hydrogen) atoms. The van der Waals surface area contributed by atoms with Crippen molar-refractivity contribution in [1.29, 1.82) is 5.26 Å². The van der Waals surface area contributed by atoms with E-state index in [4.69, 9.17) is 20.9 Å². The van der Waals surface area contributed by atoms with Crippen molar-refractivity contribution in [3.05, 3.63) is 41.5 Å². The summed E-state index contributed by atoms with van der Waals surface area (Å²) in [6.07, 6.45) is 7.78. The fraction of sp³-hybridized carbons (Fsp3) is 0.412. The van der Waals surface area contributed by atoms with Crippen LogP contribution in [0, 0.1) is 41.2 Å². The van der Waals surface area contributed by atoms with E-state index in [0.29, 0.717) is 37.0 Å². The van der Waals surface area contributed by atoms with Gasteiger partial charge < -0.3 is 19.5 Å². The van der Waals surface area contributed by atoms with Gasteiger partial charge in [0.15, 0.2) is 5.82 Å². The molecule has 2 atom stereocenters. The average molecular weight is 627 g/mol. The molecule has 5 heterocycles. The molecule has 4 aliphatic rings. The topological polar surface area (TPSA) is 108 Å². The van der Waals surface area contributed by atoms with Crippen LogP contribution in [0.5, 0.6) is 17.6 Å². The Hall–Kier alpha value is -4.81. The molecule has 0 amide bonds. The third kappa shape index (κ3) is 4.09. The first kappa shape index (κ1) is 28.6. The molecule has 1 saturated carbocycles. The number of aromatic hydroxyl groups is 1. The first-order chi connectivity index (χ1) is 22.1. The number of phenolic OH excluding ortho intramolecular Hbond substituents is 1. The molecule has 1 N–H and O–H groups in total. The number of likely N-dealkylation sites (N-methyl/N-ethyl adjacent to an activating group) is 1. The first-order valence-corrected chi connectivity index (χ1v) is 15.3. The average Bonchev–Trinajstić information content (AvgIpc) is 3.51. The Balaban J connectivity index is 1.33. The Kier molecular flexibility index (Phi) is 6.29. The molecule has 12 heteroatoms. The van der Waals surface area contributed by atoms with Crippen molar-refractivity contribution in [2.75, 3.05) is 38.3 Å². The zero-order valence-corrected chi connectivity index (χ0v) is 25.0. The summed E-state index contributed by atoms with van der Waals surface area (Å²) in [6, 6.07) is 7.54. The number of benzene rings is 2. The van der Waals surface area contributed by atoms with Crippen molar-refractivity contribution in [2.45, 2.75) is 49.4 Å². The summed E-state index contributed by atoms with van der Waals surface area (Å²) in [6.45, 7) is 1.40. The van der Waals surface area contributed by atoms with Gasteiger partial charge >= 0.3 is 6.01 Å². The Labute approximate surface area is 262 Å². The number of hydrogen-bond acceptors (Lipinski definition) is 9. The van der Waals surface area contributed by atoms with Gasteiger partial charge in [0.05, 0.1) is 28.6 Å². The normalized spacial score (nSPS) is 26.8. The molecule has 1 spiro atoms. The van der Waals surface area contributed by atoms with E-state index >= 15 is 4.39 Å². The summed E-state index contributed by atoms with van der Waals surface area (Å²) in [7, 11) is 1.82. The van der Waals surface area contributed by atoms with Crippen LogP contribution in [0.1, 0.15) is 37.7 Å². The van der Waals surface area contributed by atoms with E-state index < -0.39 is 28.9 Å². The molecule has 0 radical (unpaired) electrons. The molecular weight excluding hydrogens is 597 g/mol. The number of halogens is 3. The molecule has 2 aromatic heterocycles. The second-order valence-corrected chi connectivity index (χ2v) is 13.0. The lowest BCUT2D eigenvalue weighted by atomic mass is 9.68. The molecule has 0 bridgehead atoms. The smallest absolute Gasteiger partial charge is 0.319 e. The predicted octanol–water partition coefficient (Wildman–Crippen LogP) is 5.27. The SMILES string of the molecule is C#Cc1c(F)ccc2cc(O)cc(-c3nc4c5c(nc(OC[C@@]67CCCN6C[C@H](F)C7)nc5c3F)N(C)C3(CO4)CC(C#N)C3)c12. The van der Waals surface area contributed by atoms with Gasteiger partial charge in [-0.25, -0.2) is 18.2 Å². The van der Waals surface area contributed by atoms with Gasteiger partial charge in [0.2, 0.25) is 5.88 Å². The summed E-state index contributed by atoms with van der Waals surface area (Å²) < 4.78 is 58.8. The molecule has 234 valence electrons. The summed E-state index contributed by atoms with van der Waals surface area (Å²) >= 11 is 0. The zero-order chi connectivity index (χ0) is 32.0. The van der Waals surface area contributed by atoms with Crippen LogP contribution in [0.2, 0.25) is 0 Å². The quantitative estimate of drug-likeness (QED) is 0.304. The van der Waals surface area contributed by atoms with Gasteiger partial charge in [-0.3, -0.25) is 4.90 Å². The molecule has 0 unspecified atom stereocenters. The fourth-order valence-electron chi connectivity index (χ4n) is 7.96. The van der Waals surface area contributed by atoms with E-state index in [2.05, 4.69) is 26.9 Å². The van der Waals surface area contributed by atoms with Gasteiger partial charge in [-0.2, -0.15) is 15.2 Å².